The Hall–Kier alpha value is -3.65. The van der Waals surface area contributed by atoms with Crippen LogP contribution in [0.1, 0.15) is 43.5 Å². The van der Waals surface area contributed by atoms with E-state index in [1.165, 1.54) is 4.90 Å². The van der Waals surface area contributed by atoms with Gasteiger partial charge in [-0.3, -0.25) is 9.59 Å². The van der Waals surface area contributed by atoms with E-state index in [1.54, 1.807) is 57.2 Å². The Balaban J connectivity index is 2.37. The molecule has 182 valence electrons. The first-order chi connectivity index (χ1) is 16.1. The Bertz CT molecular complexity index is 1030. The van der Waals surface area contributed by atoms with Gasteiger partial charge in [-0.05, 0) is 56.5 Å². The van der Waals surface area contributed by atoms with Crippen LogP contribution in [0.5, 0.6) is 0 Å². The lowest BCUT2D eigenvalue weighted by Crippen LogP contribution is -2.47. The maximum atomic E-state index is 13.5. The Morgan fingerprint density at radius 2 is 1.85 bits per heavy atom. The summed E-state index contributed by atoms with van der Waals surface area (Å²) in [6.07, 6.45) is 0.890. The maximum absolute atomic E-state index is 13.5. The van der Waals surface area contributed by atoms with Crippen LogP contribution in [0.25, 0.3) is 6.08 Å². The van der Waals surface area contributed by atoms with E-state index in [9.17, 15) is 19.5 Å². The average Bonchev–Trinajstić information content (AvgIpc) is 2.77. The molecule has 3 N–H and O–H groups in total. The Morgan fingerprint density at radius 1 is 1.15 bits per heavy atom. The van der Waals surface area contributed by atoms with Gasteiger partial charge in [0.05, 0.1) is 6.61 Å². The van der Waals surface area contributed by atoms with Crippen molar-refractivity contribution in [1.29, 1.82) is 0 Å². The standard InChI is InChI=1S/C26H33N3O5/c1-6-19-11-9-12-20(16-19)23(24(32)28-21-13-8-7-10-18(21)2)29(14-15-30)22(31)17-27-25(33)34-26(3,4)5/h6-13,16,23,30H,1,14-15,17H2,2-5H3,(H,27,33)(H,28,32). The number of anilines is 1. The van der Waals surface area contributed by atoms with Gasteiger partial charge in [0.1, 0.15) is 18.2 Å². The number of carbonyl (C=O) groups is 3. The molecule has 0 aliphatic rings. The van der Waals surface area contributed by atoms with Gasteiger partial charge >= 0.3 is 6.09 Å². The highest BCUT2D eigenvalue weighted by Crippen LogP contribution is 2.25. The van der Waals surface area contributed by atoms with Crippen LogP contribution in [0.4, 0.5) is 10.5 Å². The normalized spacial score (nSPS) is 11.8. The quantitative estimate of drug-likeness (QED) is 0.522. The second kappa shape index (κ2) is 12.0. The predicted octanol–water partition coefficient (Wildman–Crippen LogP) is 3.66. The minimum absolute atomic E-state index is 0.112. The molecule has 2 aromatic rings. The first kappa shape index (κ1) is 26.6. The summed E-state index contributed by atoms with van der Waals surface area (Å²) >= 11 is 0. The zero-order valence-electron chi connectivity index (χ0n) is 20.1. The molecule has 0 heterocycles. The number of para-hydroxylation sites is 1. The molecule has 0 saturated heterocycles. The lowest BCUT2D eigenvalue weighted by atomic mass is 10.0. The van der Waals surface area contributed by atoms with Gasteiger partial charge in [-0.25, -0.2) is 4.79 Å². The number of ether oxygens (including phenoxy) is 1. The number of amides is 3. The molecule has 0 aromatic heterocycles. The minimum atomic E-state index is -1.06. The van der Waals surface area contributed by atoms with Crippen LogP contribution in [0, 0.1) is 6.92 Å². The summed E-state index contributed by atoms with van der Waals surface area (Å²) in [6, 6.07) is 13.3. The van der Waals surface area contributed by atoms with Crippen molar-refractivity contribution in [3.63, 3.8) is 0 Å². The third-order valence-corrected chi connectivity index (χ3v) is 4.87. The van der Waals surface area contributed by atoms with Crippen molar-refractivity contribution in [3.8, 4) is 0 Å². The van der Waals surface area contributed by atoms with Crippen LogP contribution in [0.3, 0.4) is 0 Å². The van der Waals surface area contributed by atoms with Gasteiger partial charge in [0, 0.05) is 12.2 Å². The number of aryl methyl sites for hydroxylation is 1. The fourth-order valence-corrected chi connectivity index (χ4v) is 3.31. The summed E-state index contributed by atoms with van der Waals surface area (Å²) in [7, 11) is 0. The van der Waals surface area contributed by atoms with Gasteiger partial charge in [0.25, 0.3) is 5.91 Å². The van der Waals surface area contributed by atoms with E-state index in [-0.39, 0.29) is 13.2 Å². The van der Waals surface area contributed by atoms with Crippen LogP contribution in [0.2, 0.25) is 0 Å². The summed E-state index contributed by atoms with van der Waals surface area (Å²) in [6.45, 7) is 9.89. The van der Waals surface area contributed by atoms with E-state index >= 15 is 0 Å². The Kier molecular flexibility index (Phi) is 9.38. The van der Waals surface area contributed by atoms with Crippen LogP contribution < -0.4 is 10.6 Å². The SMILES string of the molecule is C=Cc1cccc(C(C(=O)Nc2ccccc2C)N(CCO)C(=O)CNC(=O)OC(C)(C)C)c1. The largest absolute Gasteiger partial charge is 0.444 e. The Morgan fingerprint density at radius 3 is 2.47 bits per heavy atom. The van der Waals surface area contributed by atoms with Crippen LogP contribution in [-0.4, -0.2) is 53.2 Å². The van der Waals surface area contributed by atoms with Gasteiger partial charge in [0.2, 0.25) is 5.91 Å². The smallest absolute Gasteiger partial charge is 0.408 e. The second-order valence-corrected chi connectivity index (χ2v) is 8.75. The number of aliphatic hydroxyl groups is 1. The summed E-state index contributed by atoms with van der Waals surface area (Å²) in [5.41, 5.74) is 2.07. The molecule has 0 aliphatic heterocycles. The number of hydrogen-bond acceptors (Lipinski definition) is 5. The first-order valence-corrected chi connectivity index (χ1v) is 11.0. The molecular weight excluding hydrogens is 434 g/mol. The third-order valence-electron chi connectivity index (χ3n) is 4.87. The van der Waals surface area contributed by atoms with Crippen molar-refractivity contribution in [2.75, 3.05) is 25.0 Å². The van der Waals surface area contributed by atoms with Crippen LogP contribution in [-0.2, 0) is 14.3 Å². The molecule has 0 radical (unpaired) electrons. The van der Waals surface area contributed by atoms with Crippen molar-refractivity contribution in [2.45, 2.75) is 39.3 Å². The molecule has 0 fully saturated rings. The number of rotatable bonds is 9. The number of nitrogens with zero attached hydrogens (tertiary/aromatic N) is 1. The molecule has 2 aromatic carbocycles. The molecule has 0 saturated carbocycles. The Labute approximate surface area is 200 Å². The zero-order valence-corrected chi connectivity index (χ0v) is 20.1. The molecule has 8 nitrogen and oxygen atoms in total. The van der Waals surface area contributed by atoms with Crippen LogP contribution in [0.15, 0.2) is 55.1 Å². The van der Waals surface area contributed by atoms with Crippen molar-refractivity contribution in [2.24, 2.45) is 0 Å². The summed E-state index contributed by atoms with van der Waals surface area (Å²) in [5, 5.41) is 15.0. The number of hydrogen-bond donors (Lipinski definition) is 3. The molecule has 8 heteroatoms. The molecule has 0 bridgehead atoms. The monoisotopic (exact) mass is 467 g/mol. The minimum Gasteiger partial charge on any atom is -0.444 e. The van der Waals surface area contributed by atoms with E-state index in [1.807, 2.05) is 25.1 Å². The molecule has 1 unspecified atom stereocenters. The van der Waals surface area contributed by atoms with E-state index in [2.05, 4.69) is 17.2 Å². The highest BCUT2D eigenvalue weighted by atomic mass is 16.6. The highest BCUT2D eigenvalue weighted by molar-refractivity contribution is 5.99. The first-order valence-electron chi connectivity index (χ1n) is 11.0. The van der Waals surface area contributed by atoms with Gasteiger partial charge in [-0.15, -0.1) is 0 Å². The third kappa shape index (κ3) is 7.74. The number of alkyl carbamates (subject to hydrolysis) is 1. The molecular formula is C26H33N3O5. The van der Waals surface area contributed by atoms with Gasteiger partial charge in [-0.2, -0.15) is 0 Å². The van der Waals surface area contributed by atoms with Crippen LogP contribution >= 0.6 is 0 Å². The van der Waals surface area contributed by atoms with E-state index < -0.39 is 36.1 Å². The van der Waals surface area contributed by atoms with Crippen molar-refractivity contribution in [1.82, 2.24) is 10.2 Å². The average molecular weight is 468 g/mol. The molecule has 3 amide bonds. The zero-order chi connectivity index (χ0) is 25.3. The van der Waals surface area contributed by atoms with Crippen molar-refractivity contribution in [3.05, 3.63) is 71.8 Å². The van der Waals surface area contributed by atoms with Gasteiger partial charge in [-0.1, -0.05) is 49.1 Å². The topological polar surface area (TPSA) is 108 Å². The van der Waals surface area contributed by atoms with E-state index in [0.717, 1.165) is 11.1 Å². The summed E-state index contributed by atoms with van der Waals surface area (Å²) < 4.78 is 5.18. The second-order valence-electron chi connectivity index (χ2n) is 8.75. The summed E-state index contributed by atoms with van der Waals surface area (Å²) in [5.74, 6) is -0.997. The molecule has 0 aliphatic carbocycles. The number of carbonyl (C=O) groups excluding carboxylic acids is 3. The molecule has 34 heavy (non-hydrogen) atoms. The van der Waals surface area contributed by atoms with Crippen molar-refractivity contribution < 1.29 is 24.2 Å². The molecule has 0 spiro atoms. The fraction of sp³-hybridized carbons (Fsp3) is 0.346. The van der Waals surface area contributed by atoms with E-state index in [4.69, 9.17) is 4.74 Å². The number of benzene rings is 2. The fourth-order valence-electron chi connectivity index (χ4n) is 3.31. The number of aliphatic hydroxyl groups excluding tert-OH is 1. The van der Waals surface area contributed by atoms with E-state index in [0.29, 0.717) is 11.3 Å². The molecule has 2 rings (SSSR count). The van der Waals surface area contributed by atoms with Gasteiger partial charge < -0.3 is 25.4 Å². The van der Waals surface area contributed by atoms with Crippen molar-refractivity contribution >= 4 is 29.7 Å². The summed E-state index contributed by atoms with van der Waals surface area (Å²) in [4.78, 5) is 39.9. The maximum Gasteiger partial charge on any atom is 0.408 e. The highest BCUT2D eigenvalue weighted by Gasteiger charge is 2.32. The lowest BCUT2D eigenvalue weighted by Gasteiger charge is -2.31. The lowest BCUT2D eigenvalue weighted by molar-refractivity contribution is -0.138. The predicted molar refractivity (Wildman–Crippen MR) is 132 cm³/mol. The number of nitrogens with one attached hydrogen (secondary N) is 2. The molecule has 1 atom stereocenters. The van der Waals surface area contributed by atoms with Gasteiger partial charge in [0.15, 0.2) is 0 Å².